The van der Waals surface area contributed by atoms with Crippen molar-refractivity contribution in [1.29, 1.82) is 0 Å². The van der Waals surface area contributed by atoms with Gasteiger partial charge in [-0.2, -0.15) is 0 Å². The van der Waals surface area contributed by atoms with Crippen LogP contribution in [0.25, 0.3) is 0 Å². The topological polar surface area (TPSA) is 29.3 Å². The van der Waals surface area contributed by atoms with Crippen molar-refractivity contribution in [1.82, 2.24) is 4.90 Å². The fourth-order valence-electron chi connectivity index (χ4n) is 1.74. The number of hydrogen-bond donors (Lipinski definition) is 1. The van der Waals surface area contributed by atoms with E-state index in [-0.39, 0.29) is 6.54 Å². The van der Waals surface area contributed by atoms with Crippen LogP contribution in [0.15, 0.2) is 12.7 Å². The Labute approximate surface area is 83.8 Å². The van der Waals surface area contributed by atoms with Gasteiger partial charge in [0.15, 0.2) is 0 Å². The number of rotatable bonds is 4. The summed E-state index contributed by atoms with van der Waals surface area (Å²) in [6.07, 6.45) is 3.78. The third-order valence-electron chi connectivity index (χ3n) is 2.72. The summed E-state index contributed by atoms with van der Waals surface area (Å²) >= 11 is 0. The standard InChI is InChI=1S/C10H18F2N2/c1-2-9-3-5-14(6-4-9)8-10(11,12)7-13/h2,9H,1,3-8,13H2. The molecule has 1 heterocycles. The Kier molecular flexibility index (Phi) is 4.01. The van der Waals surface area contributed by atoms with Crippen LogP contribution in [0.3, 0.4) is 0 Å². The lowest BCUT2D eigenvalue weighted by atomic mass is 9.97. The van der Waals surface area contributed by atoms with Gasteiger partial charge in [0.2, 0.25) is 0 Å². The molecule has 0 aromatic rings. The summed E-state index contributed by atoms with van der Waals surface area (Å²) in [5.41, 5.74) is 4.98. The molecule has 0 aromatic carbocycles. The van der Waals surface area contributed by atoms with E-state index < -0.39 is 12.5 Å². The molecule has 0 amide bonds. The van der Waals surface area contributed by atoms with E-state index in [0.717, 1.165) is 25.9 Å². The van der Waals surface area contributed by atoms with Crippen LogP contribution in [0.5, 0.6) is 0 Å². The lowest BCUT2D eigenvalue weighted by Gasteiger charge is -2.32. The quantitative estimate of drug-likeness (QED) is 0.703. The second-order valence-electron chi connectivity index (χ2n) is 3.91. The van der Waals surface area contributed by atoms with E-state index in [1.54, 1.807) is 4.90 Å². The molecule has 1 saturated heterocycles. The minimum absolute atomic E-state index is 0.201. The summed E-state index contributed by atoms with van der Waals surface area (Å²) in [5, 5.41) is 0. The van der Waals surface area contributed by atoms with Crippen molar-refractivity contribution in [2.75, 3.05) is 26.2 Å². The molecule has 0 atom stereocenters. The van der Waals surface area contributed by atoms with Gasteiger partial charge >= 0.3 is 0 Å². The number of allylic oxidation sites excluding steroid dienone is 1. The Morgan fingerprint density at radius 2 is 2.00 bits per heavy atom. The molecule has 82 valence electrons. The maximum absolute atomic E-state index is 12.9. The highest BCUT2D eigenvalue weighted by atomic mass is 19.3. The predicted molar refractivity (Wildman–Crippen MR) is 53.4 cm³/mol. The Morgan fingerprint density at radius 1 is 1.43 bits per heavy atom. The molecular weight excluding hydrogens is 186 g/mol. The summed E-state index contributed by atoms with van der Waals surface area (Å²) in [4.78, 5) is 1.78. The van der Waals surface area contributed by atoms with Gasteiger partial charge in [-0.1, -0.05) is 6.08 Å². The Balaban J connectivity index is 2.32. The zero-order valence-corrected chi connectivity index (χ0v) is 8.38. The number of nitrogens with zero attached hydrogens (tertiary/aromatic N) is 1. The van der Waals surface area contributed by atoms with Crippen molar-refractivity contribution in [2.45, 2.75) is 18.8 Å². The zero-order valence-electron chi connectivity index (χ0n) is 8.38. The Morgan fingerprint density at radius 3 is 2.43 bits per heavy atom. The number of halogens is 2. The first-order valence-electron chi connectivity index (χ1n) is 5.00. The van der Waals surface area contributed by atoms with Gasteiger partial charge < -0.3 is 5.73 Å². The summed E-state index contributed by atoms with van der Waals surface area (Å²) in [7, 11) is 0. The van der Waals surface area contributed by atoms with Gasteiger partial charge in [-0.05, 0) is 31.8 Å². The van der Waals surface area contributed by atoms with Crippen LogP contribution in [0.2, 0.25) is 0 Å². The number of hydrogen-bond acceptors (Lipinski definition) is 2. The van der Waals surface area contributed by atoms with Gasteiger partial charge in [0.1, 0.15) is 0 Å². The lowest BCUT2D eigenvalue weighted by Crippen LogP contribution is -2.44. The molecule has 1 rings (SSSR count). The van der Waals surface area contributed by atoms with E-state index in [9.17, 15) is 8.78 Å². The van der Waals surface area contributed by atoms with E-state index in [1.165, 1.54) is 0 Å². The van der Waals surface area contributed by atoms with Gasteiger partial charge in [-0.25, -0.2) is 8.78 Å². The smallest absolute Gasteiger partial charge is 0.272 e. The van der Waals surface area contributed by atoms with Gasteiger partial charge in [0, 0.05) is 0 Å². The van der Waals surface area contributed by atoms with Crippen molar-refractivity contribution in [3.05, 3.63) is 12.7 Å². The first-order chi connectivity index (χ1) is 6.57. The predicted octanol–water partition coefficient (Wildman–Crippen LogP) is 1.48. The molecule has 0 aliphatic carbocycles. The van der Waals surface area contributed by atoms with Gasteiger partial charge in [-0.3, -0.25) is 4.90 Å². The molecule has 0 radical (unpaired) electrons. The molecule has 1 aliphatic heterocycles. The van der Waals surface area contributed by atoms with Crippen LogP contribution in [0.4, 0.5) is 8.78 Å². The number of nitrogens with two attached hydrogens (primary N) is 1. The van der Waals surface area contributed by atoms with Crippen LogP contribution in [0, 0.1) is 5.92 Å². The summed E-state index contributed by atoms with van der Waals surface area (Å²) in [6.45, 7) is 4.41. The van der Waals surface area contributed by atoms with Crippen molar-refractivity contribution < 1.29 is 8.78 Å². The van der Waals surface area contributed by atoms with E-state index in [0.29, 0.717) is 5.92 Å². The van der Waals surface area contributed by atoms with Crippen LogP contribution in [-0.4, -0.2) is 37.0 Å². The van der Waals surface area contributed by atoms with Gasteiger partial charge in [-0.15, -0.1) is 6.58 Å². The average Bonchev–Trinajstić information content (AvgIpc) is 2.19. The summed E-state index contributed by atoms with van der Waals surface area (Å²) < 4.78 is 25.9. The molecule has 1 aliphatic rings. The van der Waals surface area contributed by atoms with Crippen molar-refractivity contribution >= 4 is 0 Å². The fourth-order valence-corrected chi connectivity index (χ4v) is 1.74. The molecule has 14 heavy (non-hydrogen) atoms. The van der Waals surface area contributed by atoms with Crippen LogP contribution in [-0.2, 0) is 0 Å². The molecule has 4 heteroatoms. The van der Waals surface area contributed by atoms with E-state index in [2.05, 4.69) is 6.58 Å². The van der Waals surface area contributed by atoms with Crippen LogP contribution in [0.1, 0.15) is 12.8 Å². The van der Waals surface area contributed by atoms with Gasteiger partial charge in [0.05, 0.1) is 13.1 Å². The largest absolute Gasteiger partial charge is 0.325 e. The van der Waals surface area contributed by atoms with E-state index in [4.69, 9.17) is 5.73 Å². The molecule has 0 spiro atoms. The normalized spacial score (nSPS) is 21.1. The fraction of sp³-hybridized carbons (Fsp3) is 0.800. The molecule has 0 bridgehead atoms. The maximum atomic E-state index is 12.9. The number of alkyl halides is 2. The Bertz CT molecular complexity index is 187. The average molecular weight is 204 g/mol. The summed E-state index contributed by atoms with van der Waals surface area (Å²) in [6, 6.07) is 0. The molecule has 2 nitrogen and oxygen atoms in total. The van der Waals surface area contributed by atoms with Crippen molar-refractivity contribution in [3.8, 4) is 0 Å². The third kappa shape index (κ3) is 3.35. The maximum Gasteiger partial charge on any atom is 0.272 e. The highest BCUT2D eigenvalue weighted by Gasteiger charge is 2.31. The molecule has 1 fully saturated rings. The highest BCUT2D eigenvalue weighted by molar-refractivity contribution is 4.85. The van der Waals surface area contributed by atoms with Crippen LogP contribution >= 0.6 is 0 Å². The molecule has 2 N–H and O–H groups in total. The van der Waals surface area contributed by atoms with Gasteiger partial charge in [0.25, 0.3) is 5.92 Å². The van der Waals surface area contributed by atoms with E-state index >= 15 is 0 Å². The Hall–Kier alpha value is -0.480. The first kappa shape index (κ1) is 11.6. The zero-order chi connectivity index (χ0) is 10.6. The van der Waals surface area contributed by atoms with Crippen molar-refractivity contribution in [3.63, 3.8) is 0 Å². The molecule has 0 saturated carbocycles. The lowest BCUT2D eigenvalue weighted by molar-refractivity contribution is -0.0293. The van der Waals surface area contributed by atoms with Crippen molar-refractivity contribution in [2.24, 2.45) is 11.7 Å². The molecular formula is C10H18F2N2. The monoisotopic (exact) mass is 204 g/mol. The second kappa shape index (κ2) is 4.84. The van der Waals surface area contributed by atoms with E-state index in [1.807, 2.05) is 6.08 Å². The minimum Gasteiger partial charge on any atom is -0.325 e. The molecule has 0 aromatic heterocycles. The first-order valence-corrected chi connectivity index (χ1v) is 5.00. The third-order valence-corrected chi connectivity index (χ3v) is 2.72. The highest BCUT2D eigenvalue weighted by Crippen LogP contribution is 2.21. The SMILES string of the molecule is C=CC1CCN(CC(F)(F)CN)CC1. The summed E-state index contributed by atoms with van der Waals surface area (Å²) in [5.74, 6) is -2.24. The molecule has 0 unspecified atom stereocenters. The minimum atomic E-state index is -2.74. The van der Waals surface area contributed by atoms with Crippen LogP contribution < -0.4 is 5.73 Å². The second-order valence-corrected chi connectivity index (χ2v) is 3.91. The number of piperidine rings is 1. The number of likely N-dealkylation sites (tertiary alicyclic amines) is 1.